The van der Waals surface area contributed by atoms with E-state index < -0.39 is 34.7 Å². The Morgan fingerprint density at radius 1 is 1.38 bits per heavy atom. The number of hydrogen-bond donors (Lipinski definition) is 1. The van der Waals surface area contributed by atoms with Gasteiger partial charge in [0, 0.05) is 10.1 Å². The van der Waals surface area contributed by atoms with E-state index in [2.05, 4.69) is 4.74 Å². The van der Waals surface area contributed by atoms with Gasteiger partial charge in [0.2, 0.25) is 0 Å². The van der Waals surface area contributed by atoms with Crippen LogP contribution < -0.4 is 4.72 Å². The molecule has 0 heterocycles. The first-order valence-electron chi connectivity index (χ1n) is 5.23. The molecule has 11 heteroatoms. The fraction of sp³-hybridized carbons (Fsp3) is 0.300. The van der Waals surface area contributed by atoms with E-state index in [1.807, 2.05) is 22.6 Å². The van der Waals surface area contributed by atoms with Crippen molar-refractivity contribution in [2.75, 3.05) is 13.2 Å². The zero-order valence-corrected chi connectivity index (χ0v) is 13.8. The van der Waals surface area contributed by atoms with Crippen LogP contribution in [0.2, 0.25) is 5.02 Å². The molecule has 5 nitrogen and oxygen atoms in total. The Morgan fingerprint density at radius 3 is 2.52 bits per heavy atom. The van der Waals surface area contributed by atoms with Gasteiger partial charge in [-0.25, -0.2) is 17.9 Å². The summed E-state index contributed by atoms with van der Waals surface area (Å²) >= 11 is 7.78. The highest BCUT2D eigenvalue weighted by Crippen LogP contribution is 2.21. The van der Waals surface area contributed by atoms with Crippen molar-refractivity contribution in [1.82, 2.24) is 4.72 Å². The van der Waals surface area contributed by atoms with E-state index in [4.69, 9.17) is 11.6 Å². The number of sulfonamides is 1. The summed E-state index contributed by atoms with van der Waals surface area (Å²) in [6, 6.07) is 4.49. The lowest BCUT2D eigenvalue weighted by molar-refractivity contribution is -0.0448. The number of nitrogens with one attached hydrogen (secondary N) is 1. The van der Waals surface area contributed by atoms with Crippen LogP contribution in [-0.2, 0) is 14.8 Å². The third-order valence-electron chi connectivity index (χ3n) is 2.08. The van der Waals surface area contributed by atoms with Crippen LogP contribution in [0.1, 0.15) is 10.4 Å². The third-order valence-corrected chi connectivity index (χ3v) is 4.26. The maximum absolute atomic E-state index is 12.0. The summed E-state index contributed by atoms with van der Waals surface area (Å²) < 4.78 is 64.0. The van der Waals surface area contributed by atoms with Gasteiger partial charge in [-0.05, 0) is 40.8 Å². The minimum atomic E-state index is -5.44. The summed E-state index contributed by atoms with van der Waals surface area (Å²) in [7, 11) is -5.44. The van der Waals surface area contributed by atoms with E-state index in [1.54, 1.807) is 6.07 Å². The molecule has 0 aliphatic heterocycles. The molecule has 0 spiro atoms. The molecule has 0 unspecified atom stereocenters. The SMILES string of the molecule is O=C(OCCNS(=O)(=O)C(F)(F)F)c1ccc(I)cc1Cl. The summed E-state index contributed by atoms with van der Waals surface area (Å²) in [6.45, 7) is -1.26. The van der Waals surface area contributed by atoms with Gasteiger partial charge < -0.3 is 4.74 Å². The average molecular weight is 458 g/mol. The van der Waals surface area contributed by atoms with Gasteiger partial charge in [0.15, 0.2) is 0 Å². The first kappa shape index (κ1) is 18.5. The maximum atomic E-state index is 12.0. The summed E-state index contributed by atoms with van der Waals surface area (Å²) in [5.41, 5.74) is -5.37. The fourth-order valence-electron chi connectivity index (χ4n) is 1.13. The van der Waals surface area contributed by atoms with Gasteiger partial charge in [0.25, 0.3) is 0 Å². The summed E-state index contributed by atoms with van der Waals surface area (Å²) in [4.78, 5) is 11.6. The Bertz CT molecular complexity index is 636. The summed E-state index contributed by atoms with van der Waals surface area (Å²) in [6.07, 6.45) is 0. The lowest BCUT2D eigenvalue weighted by Crippen LogP contribution is -2.38. The molecule has 0 aromatic heterocycles. The largest absolute Gasteiger partial charge is 0.511 e. The van der Waals surface area contributed by atoms with Gasteiger partial charge >= 0.3 is 21.5 Å². The van der Waals surface area contributed by atoms with Crippen LogP contribution in [-0.4, -0.2) is 33.0 Å². The molecule has 1 aromatic carbocycles. The van der Waals surface area contributed by atoms with E-state index in [0.29, 0.717) is 0 Å². The van der Waals surface area contributed by atoms with Gasteiger partial charge in [-0.15, -0.1) is 0 Å². The number of alkyl halides is 3. The molecule has 1 aromatic rings. The smallest absolute Gasteiger partial charge is 0.461 e. The molecular weight excluding hydrogens is 450 g/mol. The highest BCUT2D eigenvalue weighted by molar-refractivity contribution is 14.1. The number of carbonyl (C=O) groups excluding carboxylic acids is 1. The molecule has 1 N–H and O–H groups in total. The molecule has 0 fully saturated rings. The van der Waals surface area contributed by atoms with Crippen LogP contribution in [0.3, 0.4) is 0 Å². The molecular formula is C10H8ClF3INO4S. The van der Waals surface area contributed by atoms with E-state index in [9.17, 15) is 26.4 Å². The number of halogens is 5. The van der Waals surface area contributed by atoms with Gasteiger partial charge in [-0.1, -0.05) is 11.6 Å². The first-order valence-corrected chi connectivity index (χ1v) is 8.16. The van der Waals surface area contributed by atoms with Crippen molar-refractivity contribution in [1.29, 1.82) is 0 Å². The Hall–Kier alpha value is -0.590. The van der Waals surface area contributed by atoms with Crippen molar-refractivity contribution >= 4 is 50.2 Å². The van der Waals surface area contributed by atoms with Gasteiger partial charge in [0.1, 0.15) is 6.61 Å². The molecule has 0 saturated heterocycles. The van der Waals surface area contributed by atoms with Crippen molar-refractivity contribution in [3.05, 3.63) is 32.4 Å². The Morgan fingerprint density at radius 2 is 2.00 bits per heavy atom. The number of carbonyl (C=O) groups is 1. The highest BCUT2D eigenvalue weighted by atomic mass is 127. The minimum absolute atomic E-state index is 0.0377. The molecule has 0 aliphatic carbocycles. The van der Waals surface area contributed by atoms with Crippen molar-refractivity contribution in [3.8, 4) is 0 Å². The molecule has 0 atom stereocenters. The van der Waals surface area contributed by atoms with Gasteiger partial charge in [-0.3, -0.25) is 0 Å². The zero-order chi connectivity index (χ0) is 16.3. The molecule has 0 amide bonds. The molecule has 0 bridgehead atoms. The van der Waals surface area contributed by atoms with E-state index in [0.717, 1.165) is 3.57 Å². The fourth-order valence-corrected chi connectivity index (χ4v) is 2.58. The molecule has 21 heavy (non-hydrogen) atoms. The quantitative estimate of drug-likeness (QED) is 0.419. The normalized spacial score (nSPS) is 12.2. The van der Waals surface area contributed by atoms with Crippen molar-refractivity contribution < 1.29 is 31.1 Å². The maximum Gasteiger partial charge on any atom is 0.511 e. The van der Waals surface area contributed by atoms with Crippen LogP contribution in [0.25, 0.3) is 0 Å². The van der Waals surface area contributed by atoms with Gasteiger partial charge in [-0.2, -0.15) is 13.2 Å². The third kappa shape index (κ3) is 5.27. The number of esters is 1. The Labute approximate surface area is 137 Å². The van der Waals surface area contributed by atoms with E-state index in [1.165, 1.54) is 16.9 Å². The zero-order valence-electron chi connectivity index (χ0n) is 10.1. The standard InChI is InChI=1S/C10H8ClF3INO4S/c11-8-5-6(15)1-2-7(8)9(17)20-4-3-16-21(18,19)10(12,13)14/h1-2,5,16H,3-4H2. The van der Waals surface area contributed by atoms with Crippen molar-refractivity contribution in [2.24, 2.45) is 0 Å². The topological polar surface area (TPSA) is 72.5 Å². The molecule has 0 saturated carbocycles. The second kappa shape index (κ2) is 7.11. The molecule has 0 radical (unpaired) electrons. The molecule has 0 aliphatic rings. The van der Waals surface area contributed by atoms with Crippen LogP contribution in [0, 0.1) is 3.57 Å². The van der Waals surface area contributed by atoms with E-state index >= 15 is 0 Å². The summed E-state index contributed by atoms with van der Waals surface area (Å²) in [5.74, 6) is -0.859. The highest BCUT2D eigenvalue weighted by Gasteiger charge is 2.45. The number of benzene rings is 1. The second-order valence-corrected chi connectivity index (χ2v) is 7.01. The number of ether oxygens (including phenoxy) is 1. The number of hydrogen-bond acceptors (Lipinski definition) is 4. The number of rotatable bonds is 5. The second-order valence-electron chi connectivity index (χ2n) is 3.60. The van der Waals surface area contributed by atoms with Crippen molar-refractivity contribution in [3.63, 3.8) is 0 Å². The average Bonchev–Trinajstić information content (AvgIpc) is 2.33. The first-order chi connectivity index (χ1) is 9.54. The Balaban J connectivity index is 2.52. The lowest BCUT2D eigenvalue weighted by atomic mass is 10.2. The van der Waals surface area contributed by atoms with Crippen LogP contribution >= 0.6 is 34.2 Å². The summed E-state index contributed by atoms with van der Waals surface area (Å²) in [5, 5.41) is 0.128. The van der Waals surface area contributed by atoms with Crippen LogP contribution in [0.4, 0.5) is 13.2 Å². The van der Waals surface area contributed by atoms with E-state index in [-0.39, 0.29) is 10.6 Å². The van der Waals surface area contributed by atoms with Gasteiger partial charge in [0.05, 0.1) is 10.6 Å². The minimum Gasteiger partial charge on any atom is -0.461 e. The van der Waals surface area contributed by atoms with Crippen molar-refractivity contribution in [2.45, 2.75) is 5.51 Å². The predicted octanol–water partition coefficient (Wildman–Crippen LogP) is 2.54. The Kier molecular flexibility index (Phi) is 6.25. The van der Waals surface area contributed by atoms with Crippen LogP contribution in [0.5, 0.6) is 0 Å². The molecule has 118 valence electrons. The predicted molar refractivity (Wildman–Crippen MR) is 77.4 cm³/mol. The lowest BCUT2D eigenvalue weighted by Gasteiger charge is -2.10. The monoisotopic (exact) mass is 457 g/mol. The molecule has 1 rings (SSSR count). The van der Waals surface area contributed by atoms with Crippen LogP contribution in [0.15, 0.2) is 18.2 Å².